The lowest BCUT2D eigenvalue weighted by atomic mass is 9.92. The van der Waals surface area contributed by atoms with Crippen LogP contribution in [0.1, 0.15) is 38.3 Å². The third kappa shape index (κ3) is 5.74. The van der Waals surface area contributed by atoms with Crippen LogP contribution in [0.3, 0.4) is 0 Å². The van der Waals surface area contributed by atoms with Gasteiger partial charge in [-0.3, -0.25) is 0 Å². The van der Waals surface area contributed by atoms with Gasteiger partial charge in [0.1, 0.15) is 5.75 Å². The Bertz CT molecular complexity index is 960. The summed E-state index contributed by atoms with van der Waals surface area (Å²) in [4.78, 5) is 0. The van der Waals surface area contributed by atoms with Crippen LogP contribution in [-0.4, -0.2) is 14.9 Å². The summed E-state index contributed by atoms with van der Waals surface area (Å²) in [5.41, 5.74) is 8.82. The van der Waals surface area contributed by atoms with E-state index in [1.54, 1.807) is 0 Å². The number of hydrogen-bond donors (Lipinski definition) is 1. The highest BCUT2D eigenvalue weighted by molar-refractivity contribution is 6.74. The van der Waals surface area contributed by atoms with Gasteiger partial charge in [-0.25, -0.2) is 0 Å². The summed E-state index contributed by atoms with van der Waals surface area (Å²) in [7, 11) is -1.82. The van der Waals surface area contributed by atoms with Crippen molar-refractivity contribution in [1.82, 2.24) is 0 Å². The number of hydrogen-bond acceptors (Lipinski definition) is 2. The number of rotatable bonds is 8. The second-order valence-corrected chi connectivity index (χ2v) is 14.8. The first-order valence-electron chi connectivity index (χ1n) is 11.1. The van der Waals surface area contributed by atoms with Crippen molar-refractivity contribution < 1.29 is 4.43 Å². The molecule has 0 aliphatic carbocycles. The minimum Gasteiger partial charge on any atom is -0.543 e. The van der Waals surface area contributed by atoms with Gasteiger partial charge >= 0.3 is 0 Å². The first-order valence-corrected chi connectivity index (χ1v) is 14.0. The molecule has 0 spiro atoms. The van der Waals surface area contributed by atoms with Crippen molar-refractivity contribution in [1.29, 1.82) is 0 Å². The fourth-order valence-corrected chi connectivity index (χ4v) is 4.58. The molecule has 0 amide bonds. The van der Waals surface area contributed by atoms with Crippen LogP contribution in [0.2, 0.25) is 18.1 Å². The van der Waals surface area contributed by atoms with Crippen LogP contribution in [0.5, 0.6) is 5.75 Å². The first kappa shape index (κ1) is 22.6. The Morgan fingerprint density at radius 2 is 1.53 bits per heavy atom. The predicted octanol–water partition coefficient (Wildman–Crippen LogP) is 6.97. The molecule has 0 saturated carbocycles. The summed E-state index contributed by atoms with van der Waals surface area (Å²) in [6.45, 7) is 12.2. The van der Waals surface area contributed by atoms with Gasteiger partial charge in [-0.05, 0) is 83.9 Å². The Morgan fingerprint density at radius 3 is 2.20 bits per heavy atom. The molecule has 0 aliphatic heterocycles. The molecule has 0 saturated heterocycles. The van der Waals surface area contributed by atoms with Crippen LogP contribution < -0.4 is 10.2 Å². The van der Waals surface area contributed by atoms with E-state index in [-0.39, 0.29) is 5.04 Å². The van der Waals surface area contributed by atoms with Crippen LogP contribution in [0, 0.1) is 5.92 Å². The molecule has 3 rings (SSSR count). The molecule has 0 bridgehead atoms. The fraction of sp³-hybridized carbons (Fsp3) is 0.407. The third-order valence-electron chi connectivity index (χ3n) is 6.60. The normalized spacial score (nSPS) is 13.4. The van der Waals surface area contributed by atoms with Gasteiger partial charge < -0.3 is 10.2 Å². The average molecular weight is 420 g/mol. The van der Waals surface area contributed by atoms with Gasteiger partial charge in [0, 0.05) is 0 Å². The molecule has 3 heteroatoms. The van der Waals surface area contributed by atoms with Crippen LogP contribution in [0.15, 0.2) is 66.7 Å². The highest BCUT2D eigenvalue weighted by Crippen LogP contribution is 2.38. The van der Waals surface area contributed by atoms with Crippen molar-refractivity contribution in [2.24, 2.45) is 11.7 Å². The standard InChI is InChI=1S/C27H37NOSi/c1-27(2,3)30(4,5)29-26-16-15-24-18-22(13-14-25(24)19-26)11-12-23(20-28)17-21-9-7-6-8-10-21/h6-10,13-16,18-19,23H,11-12,17,20,28H2,1-5H3. The molecule has 1 unspecified atom stereocenters. The zero-order valence-corrected chi connectivity index (χ0v) is 20.2. The van der Waals surface area contributed by atoms with Crippen molar-refractivity contribution in [2.75, 3.05) is 6.54 Å². The molecule has 0 radical (unpaired) electrons. The molecule has 3 aromatic carbocycles. The van der Waals surface area contributed by atoms with E-state index in [1.807, 2.05) is 0 Å². The van der Waals surface area contributed by atoms with Gasteiger partial charge in [-0.2, -0.15) is 0 Å². The van der Waals surface area contributed by atoms with Crippen molar-refractivity contribution in [3.05, 3.63) is 77.9 Å². The van der Waals surface area contributed by atoms with Crippen LogP contribution in [0.4, 0.5) is 0 Å². The predicted molar refractivity (Wildman–Crippen MR) is 133 cm³/mol. The van der Waals surface area contributed by atoms with E-state index in [0.29, 0.717) is 5.92 Å². The quantitative estimate of drug-likeness (QED) is 0.400. The van der Waals surface area contributed by atoms with Crippen LogP contribution in [-0.2, 0) is 12.8 Å². The van der Waals surface area contributed by atoms with Gasteiger partial charge in [0.25, 0.3) is 0 Å². The topological polar surface area (TPSA) is 35.2 Å². The van der Waals surface area contributed by atoms with Gasteiger partial charge in [-0.1, -0.05) is 75.4 Å². The lowest BCUT2D eigenvalue weighted by Crippen LogP contribution is -2.43. The summed E-state index contributed by atoms with van der Waals surface area (Å²) in [5.74, 6) is 1.51. The van der Waals surface area contributed by atoms with Crippen molar-refractivity contribution in [3.63, 3.8) is 0 Å². The van der Waals surface area contributed by atoms with Gasteiger partial charge in [0.15, 0.2) is 0 Å². The van der Waals surface area contributed by atoms with E-state index in [9.17, 15) is 0 Å². The van der Waals surface area contributed by atoms with E-state index < -0.39 is 8.32 Å². The summed E-state index contributed by atoms with van der Waals surface area (Å²) in [5, 5.41) is 2.72. The minimum absolute atomic E-state index is 0.200. The highest BCUT2D eigenvalue weighted by atomic mass is 28.4. The Balaban J connectivity index is 1.67. The number of nitrogens with two attached hydrogens (primary N) is 1. The molecule has 0 aliphatic rings. The lowest BCUT2D eigenvalue weighted by molar-refractivity contribution is 0.492. The maximum atomic E-state index is 6.48. The third-order valence-corrected chi connectivity index (χ3v) is 11.0. The summed E-state index contributed by atoms with van der Waals surface area (Å²) >= 11 is 0. The van der Waals surface area contributed by atoms with E-state index >= 15 is 0 Å². The monoisotopic (exact) mass is 419 g/mol. The van der Waals surface area contributed by atoms with E-state index in [0.717, 1.165) is 31.6 Å². The largest absolute Gasteiger partial charge is 0.543 e. The average Bonchev–Trinajstić information content (AvgIpc) is 2.70. The summed E-state index contributed by atoms with van der Waals surface area (Å²) < 4.78 is 6.48. The molecular formula is C27H37NOSi. The zero-order chi connectivity index (χ0) is 21.8. The first-order chi connectivity index (χ1) is 14.2. The minimum atomic E-state index is -1.82. The van der Waals surface area contributed by atoms with E-state index in [4.69, 9.17) is 10.2 Å². The van der Waals surface area contributed by atoms with Gasteiger partial charge in [-0.15, -0.1) is 0 Å². The molecule has 3 aromatic rings. The molecule has 2 nitrogen and oxygen atoms in total. The van der Waals surface area contributed by atoms with E-state index in [1.165, 1.54) is 21.9 Å². The second-order valence-electron chi connectivity index (χ2n) is 10.0. The Labute approximate surface area is 183 Å². The van der Waals surface area contributed by atoms with Gasteiger partial charge in [0.05, 0.1) is 0 Å². The maximum Gasteiger partial charge on any atom is 0.250 e. The van der Waals surface area contributed by atoms with Crippen LogP contribution in [0.25, 0.3) is 10.8 Å². The SMILES string of the molecule is CC(C)(C)[Si](C)(C)Oc1ccc2cc(CCC(CN)Cc3ccccc3)ccc2c1. The Kier molecular flexibility index (Phi) is 7.05. The van der Waals surface area contributed by atoms with Crippen molar-refractivity contribution in [2.45, 2.75) is 58.2 Å². The molecule has 1 atom stereocenters. The molecule has 0 aromatic heterocycles. The molecule has 0 heterocycles. The number of benzene rings is 3. The Hall–Kier alpha value is -2.10. The summed E-state index contributed by atoms with van der Waals surface area (Å²) in [6, 6.07) is 24.0. The molecular weight excluding hydrogens is 382 g/mol. The number of aryl methyl sites for hydroxylation is 1. The van der Waals surface area contributed by atoms with E-state index in [2.05, 4.69) is 101 Å². The fourth-order valence-electron chi connectivity index (χ4n) is 3.56. The molecule has 2 N–H and O–H groups in total. The Morgan fingerprint density at radius 1 is 0.867 bits per heavy atom. The zero-order valence-electron chi connectivity index (χ0n) is 19.2. The summed E-state index contributed by atoms with van der Waals surface area (Å²) in [6.07, 6.45) is 3.23. The van der Waals surface area contributed by atoms with Gasteiger partial charge in [0.2, 0.25) is 8.32 Å². The van der Waals surface area contributed by atoms with Crippen molar-refractivity contribution in [3.8, 4) is 5.75 Å². The molecule has 160 valence electrons. The highest BCUT2D eigenvalue weighted by Gasteiger charge is 2.38. The second kappa shape index (κ2) is 9.36. The molecule has 0 fully saturated rings. The molecule has 30 heavy (non-hydrogen) atoms. The van der Waals surface area contributed by atoms with Crippen molar-refractivity contribution >= 4 is 19.1 Å². The maximum absolute atomic E-state index is 6.48. The van der Waals surface area contributed by atoms with Crippen LogP contribution >= 0.6 is 0 Å². The lowest BCUT2D eigenvalue weighted by Gasteiger charge is -2.36. The smallest absolute Gasteiger partial charge is 0.250 e. The number of fused-ring (bicyclic) bond motifs is 1.